The summed E-state index contributed by atoms with van der Waals surface area (Å²) in [5.74, 6) is 0.947. The van der Waals surface area contributed by atoms with Gasteiger partial charge in [-0.3, -0.25) is 9.88 Å². The lowest BCUT2D eigenvalue weighted by Gasteiger charge is -2.33. The second kappa shape index (κ2) is 4.75. The van der Waals surface area contributed by atoms with Crippen LogP contribution in [0.25, 0.3) is 0 Å². The smallest absolute Gasteiger partial charge is 0.0547 e. The molecule has 0 bridgehead atoms. The fourth-order valence-corrected chi connectivity index (χ4v) is 2.72. The van der Waals surface area contributed by atoms with Crippen molar-refractivity contribution in [3.8, 4) is 0 Å². The summed E-state index contributed by atoms with van der Waals surface area (Å²) in [6.07, 6.45) is 2.85. The standard InChI is InChI=1S/C14H21N3/c1-11-3-2-4-13(16-11)9-17-8-7-15-14(10-17)12-5-6-12/h2-4,12,14-15H,5-10H2,1H3. The molecule has 17 heavy (non-hydrogen) atoms. The van der Waals surface area contributed by atoms with Gasteiger partial charge < -0.3 is 5.32 Å². The summed E-state index contributed by atoms with van der Waals surface area (Å²) < 4.78 is 0. The summed E-state index contributed by atoms with van der Waals surface area (Å²) in [5, 5.41) is 3.65. The first-order valence-electron chi connectivity index (χ1n) is 6.69. The van der Waals surface area contributed by atoms with Crippen molar-refractivity contribution < 1.29 is 0 Å². The van der Waals surface area contributed by atoms with Gasteiger partial charge in [0, 0.05) is 37.9 Å². The van der Waals surface area contributed by atoms with Crippen molar-refractivity contribution in [2.45, 2.75) is 32.4 Å². The molecule has 1 saturated carbocycles. The maximum absolute atomic E-state index is 4.59. The highest BCUT2D eigenvalue weighted by molar-refractivity contribution is 5.10. The minimum absolute atomic E-state index is 0.730. The molecule has 1 unspecified atom stereocenters. The molecule has 0 radical (unpaired) electrons. The Bertz CT molecular complexity index is 387. The fourth-order valence-electron chi connectivity index (χ4n) is 2.72. The predicted molar refractivity (Wildman–Crippen MR) is 68.8 cm³/mol. The Morgan fingerprint density at radius 1 is 1.41 bits per heavy atom. The third-order valence-corrected chi connectivity index (χ3v) is 3.81. The van der Waals surface area contributed by atoms with Crippen LogP contribution in [0.15, 0.2) is 18.2 Å². The zero-order chi connectivity index (χ0) is 11.7. The SMILES string of the molecule is Cc1cccc(CN2CCNC(C3CC3)C2)n1. The first kappa shape index (κ1) is 11.2. The van der Waals surface area contributed by atoms with E-state index < -0.39 is 0 Å². The molecule has 3 rings (SSSR count). The van der Waals surface area contributed by atoms with Gasteiger partial charge in [-0.05, 0) is 37.8 Å². The van der Waals surface area contributed by atoms with Crippen molar-refractivity contribution in [2.75, 3.05) is 19.6 Å². The molecule has 1 aromatic heterocycles. The topological polar surface area (TPSA) is 28.2 Å². The summed E-state index contributed by atoms with van der Waals surface area (Å²) in [6, 6.07) is 7.04. The van der Waals surface area contributed by atoms with Crippen molar-refractivity contribution in [3.05, 3.63) is 29.6 Å². The second-order valence-corrected chi connectivity index (χ2v) is 5.40. The van der Waals surface area contributed by atoms with E-state index in [1.165, 1.54) is 25.1 Å². The van der Waals surface area contributed by atoms with Gasteiger partial charge in [-0.25, -0.2) is 0 Å². The monoisotopic (exact) mass is 231 g/mol. The van der Waals surface area contributed by atoms with Gasteiger partial charge in [0.15, 0.2) is 0 Å². The van der Waals surface area contributed by atoms with Crippen molar-refractivity contribution >= 4 is 0 Å². The van der Waals surface area contributed by atoms with E-state index in [2.05, 4.69) is 40.3 Å². The normalized spacial score (nSPS) is 26.1. The maximum atomic E-state index is 4.59. The highest BCUT2D eigenvalue weighted by Crippen LogP contribution is 2.33. The van der Waals surface area contributed by atoms with Crippen LogP contribution in [-0.4, -0.2) is 35.6 Å². The lowest BCUT2D eigenvalue weighted by Crippen LogP contribution is -2.51. The van der Waals surface area contributed by atoms with Crippen molar-refractivity contribution in [1.29, 1.82) is 0 Å². The molecule has 0 aromatic carbocycles. The quantitative estimate of drug-likeness (QED) is 0.856. The van der Waals surface area contributed by atoms with Crippen LogP contribution in [0.4, 0.5) is 0 Å². The van der Waals surface area contributed by atoms with Gasteiger partial charge in [-0.1, -0.05) is 6.07 Å². The van der Waals surface area contributed by atoms with E-state index in [1.807, 2.05) is 0 Å². The molecular weight excluding hydrogens is 210 g/mol. The Morgan fingerprint density at radius 3 is 3.06 bits per heavy atom. The number of piperazine rings is 1. The van der Waals surface area contributed by atoms with E-state index in [-0.39, 0.29) is 0 Å². The van der Waals surface area contributed by atoms with E-state index in [4.69, 9.17) is 0 Å². The molecule has 1 atom stereocenters. The summed E-state index contributed by atoms with van der Waals surface area (Å²) in [6.45, 7) is 6.55. The van der Waals surface area contributed by atoms with Crippen LogP contribution in [0.1, 0.15) is 24.2 Å². The van der Waals surface area contributed by atoms with E-state index in [1.54, 1.807) is 0 Å². The van der Waals surface area contributed by atoms with Gasteiger partial charge in [0.05, 0.1) is 5.69 Å². The Morgan fingerprint density at radius 2 is 2.29 bits per heavy atom. The molecule has 1 aliphatic carbocycles. The van der Waals surface area contributed by atoms with Gasteiger partial charge in [-0.15, -0.1) is 0 Å². The summed E-state index contributed by atoms with van der Waals surface area (Å²) in [7, 11) is 0. The molecule has 0 spiro atoms. The third-order valence-electron chi connectivity index (χ3n) is 3.81. The molecule has 2 aliphatic rings. The highest BCUT2D eigenvalue weighted by atomic mass is 15.2. The lowest BCUT2D eigenvalue weighted by molar-refractivity contribution is 0.180. The average molecular weight is 231 g/mol. The van der Waals surface area contributed by atoms with Crippen molar-refractivity contribution in [1.82, 2.24) is 15.2 Å². The molecule has 3 heteroatoms. The van der Waals surface area contributed by atoms with Crippen LogP contribution >= 0.6 is 0 Å². The fraction of sp³-hybridized carbons (Fsp3) is 0.643. The molecular formula is C14H21N3. The Kier molecular flexibility index (Phi) is 3.12. The predicted octanol–water partition coefficient (Wildman–Crippen LogP) is 1.57. The Hall–Kier alpha value is -0.930. The molecule has 1 aromatic rings. The molecule has 1 aliphatic heterocycles. The van der Waals surface area contributed by atoms with Crippen LogP contribution < -0.4 is 5.32 Å². The largest absolute Gasteiger partial charge is 0.311 e. The second-order valence-electron chi connectivity index (χ2n) is 5.40. The van der Waals surface area contributed by atoms with Crippen LogP contribution in [-0.2, 0) is 6.54 Å². The Labute approximate surface area is 103 Å². The number of hydrogen-bond acceptors (Lipinski definition) is 3. The maximum Gasteiger partial charge on any atom is 0.0547 e. The average Bonchev–Trinajstić information content (AvgIpc) is 3.13. The number of pyridine rings is 1. The minimum atomic E-state index is 0.730. The number of nitrogens with zero attached hydrogens (tertiary/aromatic N) is 2. The third kappa shape index (κ3) is 2.85. The van der Waals surface area contributed by atoms with Crippen LogP contribution in [0, 0.1) is 12.8 Å². The molecule has 0 amide bonds. The van der Waals surface area contributed by atoms with Crippen LogP contribution in [0.5, 0.6) is 0 Å². The van der Waals surface area contributed by atoms with Crippen LogP contribution in [0.3, 0.4) is 0 Å². The van der Waals surface area contributed by atoms with E-state index >= 15 is 0 Å². The first-order valence-corrected chi connectivity index (χ1v) is 6.69. The Balaban J connectivity index is 1.60. The highest BCUT2D eigenvalue weighted by Gasteiger charge is 2.33. The molecule has 92 valence electrons. The lowest BCUT2D eigenvalue weighted by atomic mass is 10.1. The van der Waals surface area contributed by atoms with E-state index in [0.29, 0.717) is 0 Å². The number of aryl methyl sites for hydroxylation is 1. The van der Waals surface area contributed by atoms with Gasteiger partial charge >= 0.3 is 0 Å². The molecule has 3 nitrogen and oxygen atoms in total. The van der Waals surface area contributed by atoms with Gasteiger partial charge in [-0.2, -0.15) is 0 Å². The zero-order valence-electron chi connectivity index (χ0n) is 10.5. The van der Waals surface area contributed by atoms with Crippen molar-refractivity contribution in [2.24, 2.45) is 5.92 Å². The minimum Gasteiger partial charge on any atom is -0.311 e. The van der Waals surface area contributed by atoms with Crippen LogP contribution in [0.2, 0.25) is 0 Å². The molecule has 1 N–H and O–H groups in total. The molecule has 2 heterocycles. The van der Waals surface area contributed by atoms with Gasteiger partial charge in [0.2, 0.25) is 0 Å². The molecule has 2 fully saturated rings. The summed E-state index contributed by atoms with van der Waals surface area (Å²) in [5.41, 5.74) is 2.33. The zero-order valence-corrected chi connectivity index (χ0v) is 10.5. The summed E-state index contributed by atoms with van der Waals surface area (Å²) in [4.78, 5) is 7.13. The molecule has 1 saturated heterocycles. The number of hydrogen-bond donors (Lipinski definition) is 1. The van der Waals surface area contributed by atoms with E-state index in [0.717, 1.165) is 37.3 Å². The number of nitrogens with one attached hydrogen (secondary N) is 1. The summed E-state index contributed by atoms with van der Waals surface area (Å²) >= 11 is 0. The number of rotatable bonds is 3. The van der Waals surface area contributed by atoms with Crippen molar-refractivity contribution in [3.63, 3.8) is 0 Å². The van der Waals surface area contributed by atoms with E-state index in [9.17, 15) is 0 Å². The van der Waals surface area contributed by atoms with Gasteiger partial charge in [0.25, 0.3) is 0 Å². The van der Waals surface area contributed by atoms with Gasteiger partial charge in [0.1, 0.15) is 0 Å². The first-order chi connectivity index (χ1) is 8.31. The number of aromatic nitrogens is 1.